The van der Waals surface area contributed by atoms with E-state index in [0.717, 1.165) is 31.5 Å². The van der Waals surface area contributed by atoms with Crippen LogP contribution in [0.3, 0.4) is 0 Å². The SMILES string of the molecule is NCCCC(=O)OCCCCCc1nn[nH]n1. The molecule has 17 heavy (non-hydrogen) atoms. The Morgan fingerprint density at radius 3 is 2.88 bits per heavy atom. The summed E-state index contributed by atoms with van der Waals surface area (Å²) in [6.07, 6.45) is 4.73. The molecule has 1 aromatic rings. The van der Waals surface area contributed by atoms with E-state index in [0.29, 0.717) is 26.0 Å². The van der Waals surface area contributed by atoms with E-state index >= 15 is 0 Å². The number of nitrogens with two attached hydrogens (primary N) is 1. The summed E-state index contributed by atoms with van der Waals surface area (Å²) in [7, 11) is 0. The van der Waals surface area contributed by atoms with Gasteiger partial charge in [-0.3, -0.25) is 4.79 Å². The molecule has 0 fully saturated rings. The molecular weight excluding hydrogens is 222 g/mol. The monoisotopic (exact) mass is 241 g/mol. The Morgan fingerprint density at radius 2 is 2.18 bits per heavy atom. The van der Waals surface area contributed by atoms with Crippen molar-refractivity contribution in [2.45, 2.75) is 38.5 Å². The second kappa shape index (κ2) is 8.63. The van der Waals surface area contributed by atoms with Gasteiger partial charge in [0, 0.05) is 12.8 Å². The fourth-order valence-corrected chi connectivity index (χ4v) is 1.35. The topological polar surface area (TPSA) is 107 Å². The molecule has 0 aliphatic heterocycles. The van der Waals surface area contributed by atoms with E-state index in [-0.39, 0.29) is 5.97 Å². The van der Waals surface area contributed by atoms with Gasteiger partial charge in [-0.15, -0.1) is 10.2 Å². The predicted molar refractivity (Wildman–Crippen MR) is 61.0 cm³/mol. The molecule has 0 unspecified atom stereocenters. The Hall–Kier alpha value is -1.50. The minimum atomic E-state index is -0.159. The van der Waals surface area contributed by atoms with Crippen molar-refractivity contribution in [1.82, 2.24) is 20.6 Å². The van der Waals surface area contributed by atoms with Gasteiger partial charge in [-0.2, -0.15) is 5.21 Å². The van der Waals surface area contributed by atoms with Crippen LogP contribution in [0.2, 0.25) is 0 Å². The fourth-order valence-electron chi connectivity index (χ4n) is 1.35. The molecule has 1 rings (SSSR count). The van der Waals surface area contributed by atoms with E-state index in [1.807, 2.05) is 0 Å². The number of aryl methyl sites for hydroxylation is 1. The number of hydrogen-bond acceptors (Lipinski definition) is 6. The summed E-state index contributed by atoms with van der Waals surface area (Å²) < 4.78 is 5.04. The van der Waals surface area contributed by atoms with Gasteiger partial charge in [-0.25, -0.2) is 0 Å². The molecule has 1 heterocycles. The van der Waals surface area contributed by atoms with Gasteiger partial charge < -0.3 is 10.5 Å². The summed E-state index contributed by atoms with van der Waals surface area (Å²) in [5.74, 6) is 0.568. The number of carbonyl (C=O) groups is 1. The largest absolute Gasteiger partial charge is 0.466 e. The minimum Gasteiger partial charge on any atom is -0.466 e. The van der Waals surface area contributed by atoms with E-state index in [2.05, 4.69) is 20.6 Å². The summed E-state index contributed by atoms with van der Waals surface area (Å²) in [6.45, 7) is 1.01. The summed E-state index contributed by atoms with van der Waals surface area (Å²) in [5.41, 5.74) is 5.29. The molecule has 0 spiro atoms. The minimum absolute atomic E-state index is 0.159. The maximum absolute atomic E-state index is 11.1. The molecule has 0 aliphatic rings. The standard InChI is InChI=1S/C10H19N5O2/c11-7-4-6-10(16)17-8-3-1-2-5-9-12-14-15-13-9/h1-8,11H2,(H,12,13,14,15). The van der Waals surface area contributed by atoms with Crippen LogP contribution in [-0.4, -0.2) is 39.7 Å². The van der Waals surface area contributed by atoms with Crippen molar-refractivity contribution in [3.63, 3.8) is 0 Å². The van der Waals surface area contributed by atoms with Crippen LogP contribution in [0.25, 0.3) is 0 Å². The summed E-state index contributed by atoms with van der Waals surface area (Å²) in [4.78, 5) is 11.1. The number of ether oxygens (including phenoxy) is 1. The quantitative estimate of drug-likeness (QED) is 0.472. The zero-order valence-electron chi connectivity index (χ0n) is 9.89. The van der Waals surface area contributed by atoms with E-state index in [4.69, 9.17) is 10.5 Å². The molecule has 0 saturated carbocycles. The van der Waals surface area contributed by atoms with Gasteiger partial charge in [-0.05, 0) is 32.2 Å². The lowest BCUT2D eigenvalue weighted by molar-refractivity contribution is -0.143. The number of nitrogens with one attached hydrogen (secondary N) is 1. The van der Waals surface area contributed by atoms with Crippen LogP contribution in [0.15, 0.2) is 0 Å². The van der Waals surface area contributed by atoms with E-state index < -0.39 is 0 Å². The van der Waals surface area contributed by atoms with Gasteiger partial charge in [0.2, 0.25) is 0 Å². The number of H-pyrrole nitrogens is 1. The first-order valence-electron chi connectivity index (χ1n) is 5.91. The Morgan fingerprint density at radius 1 is 1.29 bits per heavy atom. The van der Waals surface area contributed by atoms with Gasteiger partial charge in [-0.1, -0.05) is 5.21 Å². The maximum atomic E-state index is 11.1. The third kappa shape index (κ3) is 6.62. The van der Waals surface area contributed by atoms with Gasteiger partial charge in [0.1, 0.15) is 0 Å². The number of esters is 1. The Kier molecular flexibility index (Phi) is 6.89. The van der Waals surface area contributed by atoms with Crippen molar-refractivity contribution in [3.05, 3.63) is 5.82 Å². The van der Waals surface area contributed by atoms with Crippen LogP contribution in [0.5, 0.6) is 0 Å². The first-order valence-corrected chi connectivity index (χ1v) is 5.91. The number of unbranched alkanes of at least 4 members (excludes halogenated alkanes) is 2. The van der Waals surface area contributed by atoms with Crippen LogP contribution in [0.4, 0.5) is 0 Å². The number of rotatable bonds is 9. The molecule has 1 aromatic heterocycles. The molecule has 0 atom stereocenters. The highest BCUT2D eigenvalue weighted by molar-refractivity contribution is 5.69. The molecular formula is C10H19N5O2. The van der Waals surface area contributed by atoms with Gasteiger partial charge in [0.25, 0.3) is 0 Å². The number of carbonyl (C=O) groups excluding carboxylic acids is 1. The first kappa shape index (κ1) is 13.6. The van der Waals surface area contributed by atoms with Gasteiger partial charge in [0.05, 0.1) is 6.61 Å². The lowest BCUT2D eigenvalue weighted by atomic mass is 10.2. The zero-order valence-corrected chi connectivity index (χ0v) is 9.89. The van der Waals surface area contributed by atoms with Crippen molar-refractivity contribution >= 4 is 5.97 Å². The molecule has 3 N–H and O–H groups in total. The van der Waals surface area contributed by atoms with Crippen LogP contribution in [0.1, 0.15) is 37.9 Å². The highest BCUT2D eigenvalue weighted by Gasteiger charge is 2.01. The number of nitrogens with zero attached hydrogens (tertiary/aromatic N) is 3. The Bertz CT molecular complexity index is 302. The van der Waals surface area contributed by atoms with Crippen LogP contribution >= 0.6 is 0 Å². The lowest BCUT2D eigenvalue weighted by Crippen LogP contribution is -2.08. The highest BCUT2D eigenvalue weighted by atomic mass is 16.5. The van der Waals surface area contributed by atoms with E-state index in [1.54, 1.807) is 0 Å². The average Bonchev–Trinajstić information content (AvgIpc) is 2.84. The zero-order chi connectivity index (χ0) is 12.3. The second-order valence-corrected chi connectivity index (χ2v) is 3.75. The average molecular weight is 241 g/mol. The molecule has 0 bridgehead atoms. The highest BCUT2D eigenvalue weighted by Crippen LogP contribution is 2.01. The van der Waals surface area contributed by atoms with E-state index in [1.165, 1.54) is 0 Å². The lowest BCUT2D eigenvalue weighted by Gasteiger charge is -2.03. The van der Waals surface area contributed by atoms with Crippen LogP contribution in [0, 0.1) is 0 Å². The molecule has 7 heteroatoms. The Balaban J connectivity index is 1.89. The number of aromatic nitrogens is 4. The summed E-state index contributed by atoms with van der Waals surface area (Å²) >= 11 is 0. The van der Waals surface area contributed by atoms with Crippen LogP contribution in [-0.2, 0) is 16.0 Å². The second-order valence-electron chi connectivity index (χ2n) is 3.75. The third-order valence-electron chi connectivity index (χ3n) is 2.28. The number of hydrogen-bond donors (Lipinski definition) is 2. The van der Waals surface area contributed by atoms with Crippen molar-refractivity contribution in [2.24, 2.45) is 5.73 Å². The van der Waals surface area contributed by atoms with Crippen molar-refractivity contribution in [1.29, 1.82) is 0 Å². The summed E-state index contributed by atoms with van der Waals surface area (Å²) in [6, 6.07) is 0. The maximum Gasteiger partial charge on any atom is 0.305 e. The number of tetrazole rings is 1. The normalized spacial score (nSPS) is 10.4. The van der Waals surface area contributed by atoms with Gasteiger partial charge >= 0.3 is 5.97 Å². The molecule has 0 aliphatic carbocycles. The number of aromatic amines is 1. The van der Waals surface area contributed by atoms with Crippen LogP contribution < -0.4 is 5.73 Å². The summed E-state index contributed by atoms with van der Waals surface area (Å²) in [5, 5.41) is 13.6. The Labute approximate surface area is 100 Å². The predicted octanol–water partition coefficient (Wildman–Crippen LogP) is 0.195. The molecule has 0 amide bonds. The third-order valence-corrected chi connectivity index (χ3v) is 2.28. The van der Waals surface area contributed by atoms with Crippen molar-refractivity contribution in [2.75, 3.05) is 13.2 Å². The molecule has 0 aromatic carbocycles. The molecule has 0 saturated heterocycles. The molecule has 0 radical (unpaired) electrons. The molecule has 96 valence electrons. The fraction of sp³-hybridized carbons (Fsp3) is 0.800. The van der Waals surface area contributed by atoms with Gasteiger partial charge in [0.15, 0.2) is 5.82 Å². The smallest absolute Gasteiger partial charge is 0.305 e. The molecule has 7 nitrogen and oxygen atoms in total. The van der Waals surface area contributed by atoms with Crippen molar-refractivity contribution < 1.29 is 9.53 Å². The van der Waals surface area contributed by atoms with Crippen molar-refractivity contribution in [3.8, 4) is 0 Å². The first-order chi connectivity index (χ1) is 8.33. The van der Waals surface area contributed by atoms with E-state index in [9.17, 15) is 4.79 Å².